The first-order chi connectivity index (χ1) is 17.5. The Morgan fingerprint density at radius 1 is 0.639 bits per heavy atom. The van der Waals surface area contributed by atoms with Gasteiger partial charge in [0.2, 0.25) is 0 Å². The highest BCUT2D eigenvalue weighted by Gasteiger charge is 1.99. The van der Waals surface area contributed by atoms with Gasteiger partial charge in [0.25, 0.3) is 0 Å². The maximum Gasteiger partial charge on any atom is 0.327 e. The average Bonchev–Trinajstić information content (AvgIpc) is 2.86. The molecule has 0 saturated carbocycles. The molecular weight excluding hydrogens is 440 g/mol. The third kappa shape index (κ3) is 35.1. The van der Waals surface area contributed by atoms with Crippen LogP contribution in [0, 0.1) is 5.92 Å². The van der Waals surface area contributed by atoms with Gasteiger partial charge in [-0.1, -0.05) is 167 Å². The van der Waals surface area contributed by atoms with E-state index in [9.17, 15) is 4.79 Å². The van der Waals surface area contributed by atoms with Crippen molar-refractivity contribution in [3.05, 3.63) is 24.3 Å². The minimum Gasteiger partial charge on any atom is -0.478 e. The van der Waals surface area contributed by atoms with Crippen LogP contribution in [0.4, 0.5) is 0 Å². The molecule has 0 amide bonds. The first kappa shape index (κ1) is 37.1. The predicted molar refractivity (Wildman–Crippen MR) is 163 cm³/mol. The van der Waals surface area contributed by atoms with Gasteiger partial charge < -0.3 is 5.11 Å². The fourth-order valence-corrected chi connectivity index (χ4v) is 4.75. The van der Waals surface area contributed by atoms with Gasteiger partial charge in [0.1, 0.15) is 0 Å². The smallest absolute Gasteiger partial charge is 0.327 e. The van der Waals surface area contributed by atoms with E-state index in [1.54, 1.807) is 5.57 Å². The topological polar surface area (TPSA) is 37.3 Å². The van der Waals surface area contributed by atoms with Crippen LogP contribution in [-0.4, -0.2) is 11.1 Å². The van der Waals surface area contributed by atoms with E-state index in [4.69, 9.17) is 5.11 Å². The van der Waals surface area contributed by atoms with Crippen molar-refractivity contribution in [2.45, 2.75) is 182 Å². The molecule has 0 saturated heterocycles. The summed E-state index contributed by atoms with van der Waals surface area (Å²) >= 11 is 0. The highest BCUT2D eigenvalue weighted by Crippen LogP contribution is 2.19. The van der Waals surface area contributed by atoms with Crippen LogP contribution < -0.4 is 0 Å². The van der Waals surface area contributed by atoms with Crippen LogP contribution in [-0.2, 0) is 4.79 Å². The van der Waals surface area contributed by atoms with Gasteiger partial charge in [-0.25, -0.2) is 4.79 Å². The number of allylic oxidation sites excluding steroid dienone is 2. The Balaban J connectivity index is 0. The summed E-state index contributed by atoms with van der Waals surface area (Å²) in [6.45, 7) is 12.2. The fourth-order valence-electron chi connectivity index (χ4n) is 4.75. The molecule has 0 bridgehead atoms. The fraction of sp³-hybridized carbons (Fsp3) is 0.853. The van der Waals surface area contributed by atoms with Gasteiger partial charge in [-0.3, -0.25) is 0 Å². The standard InChI is InChI=1S/C31H62.C3H4O2/c1-5-7-8-9-10-19-22-25-28-31(6-2)29-26-23-20-17-15-13-11-12-14-16-18-21-24-27-30(3)4;1-2-3(4)5/h6,30H,5,7-29H2,1-4H3;2H,1H2,(H,4,5). The Hall–Kier alpha value is -1.05. The Kier molecular flexibility index (Phi) is 33.0. The monoisotopic (exact) mass is 507 g/mol. The van der Waals surface area contributed by atoms with E-state index in [0.29, 0.717) is 0 Å². The number of rotatable bonds is 26. The molecule has 0 aliphatic rings. The molecule has 0 rings (SSSR count). The SMILES string of the molecule is C=CC(=O)O.CC=C(CCCCCCCCCC)CCCCCCCCCCCCCCCC(C)C. The molecule has 1 N–H and O–H groups in total. The summed E-state index contributed by atoms with van der Waals surface area (Å²) in [6, 6.07) is 0. The zero-order valence-electron chi connectivity index (χ0n) is 25.3. The van der Waals surface area contributed by atoms with Crippen molar-refractivity contribution >= 4 is 5.97 Å². The molecular formula is C34H66O2. The molecule has 0 aliphatic heterocycles. The van der Waals surface area contributed by atoms with E-state index in [2.05, 4.69) is 40.3 Å². The van der Waals surface area contributed by atoms with Crippen molar-refractivity contribution in [2.75, 3.05) is 0 Å². The lowest BCUT2D eigenvalue weighted by Gasteiger charge is -2.08. The van der Waals surface area contributed by atoms with Crippen molar-refractivity contribution in [2.24, 2.45) is 5.92 Å². The normalized spacial score (nSPS) is 11.4. The van der Waals surface area contributed by atoms with Crippen LogP contribution in [0.3, 0.4) is 0 Å². The van der Waals surface area contributed by atoms with Gasteiger partial charge in [-0.2, -0.15) is 0 Å². The van der Waals surface area contributed by atoms with E-state index in [-0.39, 0.29) is 0 Å². The first-order valence-electron chi connectivity index (χ1n) is 16.0. The molecule has 0 fully saturated rings. The number of hydrogen-bond donors (Lipinski definition) is 1. The number of carbonyl (C=O) groups is 1. The lowest BCUT2D eigenvalue weighted by molar-refractivity contribution is -0.131. The molecule has 0 aromatic heterocycles. The van der Waals surface area contributed by atoms with Crippen molar-refractivity contribution < 1.29 is 9.90 Å². The molecule has 2 heteroatoms. The van der Waals surface area contributed by atoms with Crippen molar-refractivity contribution in [3.63, 3.8) is 0 Å². The number of carboxylic acids is 1. The molecule has 0 unspecified atom stereocenters. The molecule has 0 heterocycles. The summed E-state index contributed by atoms with van der Waals surface area (Å²) in [6.07, 6.45) is 38.0. The highest BCUT2D eigenvalue weighted by atomic mass is 16.4. The van der Waals surface area contributed by atoms with Gasteiger partial charge in [-0.05, 0) is 38.5 Å². The summed E-state index contributed by atoms with van der Waals surface area (Å²) in [5.41, 5.74) is 1.73. The van der Waals surface area contributed by atoms with Gasteiger partial charge in [0, 0.05) is 6.08 Å². The van der Waals surface area contributed by atoms with E-state index in [1.807, 2.05) is 0 Å². The second kappa shape index (κ2) is 32.0. The third-order valence-corrected chi connectivity index (χ3v) is 7.21. The van der Waals surface area contributed by atoms with E-state index >= 15 is 0 Å². The van der Waals surface area contributed by atoms with Crippen molar-refractivity contribution in [3.8, 4) is 0 Å². The number of hydrogen-bond acceptors (Lipinski definition) is 1. The lowest BCUT2D eigenvalue weighted by Crippen LogP contribution is -1.88. The maximum atomic E-state index is 9.25. The maximum absolute atomic E-state index is 9.25. The molecule has 36 heavy (non-hydrogen) atoms. The molecule has 2 nitrogen and oxygen atoms in total. The average molecular weight is 507 g/mol. The Bertz CT molecular complexity index is 478. The molecule has 214 valence electrons. The Labute approximate surface area is 227 Å². The van der Waals surface area contributed by atoms with Crippen LogP contribution in [0.15, 0.2) is 24.3 Å². The van der Waals surface area contributed by atoms with E-state index in [1.165, 1.54) is 154 Å². The summed E-state index contributed by atoms with van der Waals surface area (Å²) in [4.78, 5) is 9.25. The summed E-state index contributed by atoms with van der Waals surface area (Å²) in [5.74, 6) is -0.0881. The molecule has 0 aromatic rings. The van der Waals surface area contributed by atoms with Crippen LogP contribution in [0.25, 0.3) is 0 Å². The molecule has 0 atom stereocenters. The quantitative estimate of drug-likeness (QED) is 0.0719. The highest BCUT2D eigenvalue weighted by molar-refractivity contribution is 5.78. The Morgan fingerprint density at radius 3 is 1.22 bits per heavy atom. The van der Waals surface area contributed by atoms with Gasteiger partial charge in [0.05, 0.1) is 0 Å². The molecule has 0 radical (unpaired) electrons. The predicted octanol–water partition coefficient (Wildman–Crippen LogP) is 12.2. The van der Waals surface area contributed by atoms with Gasteiger partial charge in [0.15, 0.2) is 0 Å². The zero-order valence-corrected chi connectivity index (χ0v) is 25.3. The van der Waals surface area contributed by atoms with E-state index < -0.39 is 5.97 Å². The minimum absolute atomic E-state index is 0.833. The van der Waals surface area contributed by atoms with Crippen LogP contribution in [0.5, 0.6) is 0 Å². The minimum atomic E-state index is -0.981. The number of carboxylic acid groups (broad SMARTS) is 1. The molecule has 0 aliphatic carbocycles. The lowest BCUT2D eigenvalue weighted by atomic mass is 9.99. The summed E-state index contributed by atoms with van der Waals surface area (Å²) < 4.78 is 0. The van der Waals surface area contributed by atoms with E-state index in [0.717, 1.165) is 12.0 Å². The number of unbranched alkanes of at least 4 members (excludes halogenated alkanes) is 19. The summed E-state index contributed by atoms with van der Waals surface area (Å²) in [7, 11) is 0. The largest absolute Gasteiger partial charge is 0.478 e. The molecule has 0 aromatic carbocycles. The summed E-state index contributed by atoms with van der Waals surface area (Å²) in [5, 5.41) is 7.60. The Morgan fingerprint density at radius 2 is 0.944 bits per heavy atom. The second-order valence-corrected chi connectivity index (χ2v) is 11.2. The van der Waals surface area contributed by atoms with Crippen molar-refractivity contribution in [1.29, 1.82) is 0 Å². The van der Waals surface area contributed by atoms with Gasteiger partial charge in [-0.15, -0.1) is 0 Å². The third-order valence-electron chi connectivity index (χ3n) is 7.21. The van der Waals surface area contributed by atoms with Crippen LogP contribution in [0.2, 0.25) is 0 Å². The van der Waals surface area contributed by atoms with Crippen molar-refractivity contribution in [1.82, 2.24) is 0 Å². The second-order valence-electron chi connectivity index (χ2n) is 11.2. The molecule has 0 spiro atoms. The number of aliphatic carboxylic acids is 1. The van der Waals surface area contributed by atoms with Crippen LogP contribution in [0.1, 0.15) is 182 Å². The van der Waals surface area contributed by atoms with Gasteiger partial charge >= 0.3 is 5.97 Å². The first-order valence-corrected chi connectivity index (χ1v) is 16.0. The van der Waals surface area contributed by atoms with Crippen LogP contribution >= 0.6 is 0 Å². The zero-order chi connectivity index (χ0) is 27.1.